The van der Waals surface area contributed by atoms with E-state index in [-0.39, 0.29) is 11.6 Å². The van der Waals surface area contributed by atoms with E-state index in [9.17, 15) is 4.79 Å². The van der Waals surface area contributed by atoms with Crippen LogP contribution in [0.1, 0.15) is 19.9 Å². The monoisotopic (exact) mass is 266 g/mol. The summed E-state index contributed by atoms with van der Waals surface area (Å²) in [6, 6.07) is 5.88. The van der Waals surface area contributed by atoms with Crippen LogP contribution >= 0.6 is 15.9 Å². The summed E-state index contributed by atoms with van der Waals surface area (Å²) in [5.74, 6) is 0. The van der Waals surface area contributed by atoms with E-state index in [1.165, 1.54) is 6.20 Å². The molecule has 0 atom stereocenters. The van der Waals surface area contributed by atoms with E-state index < -0.39 is 0 Å². The van der Waals surface area contributed by atoms with Gasteiger partial charge in [-0.1, -0.05) is 15.9 Å². The van der Waals surface area contributed by atoms with Gasteiger partial charge in [0, 0.05) is 10.5 Å². The number of rotatable bonds is 1. The van der Waals surface area contributed by atoms with E-state index in [0.717, 1.165) is 15.5 Å². The van der Waals surface area contributed by atoms with Crippen LogP contribution in [-0.4, -0.2) is 9.55 Å². The summed E-state index contributed by atoms with van der Waals surface area (Å²) < 4.78 is 2.70. The molecule has 0 aliphatic rings. The van der Waals surface area contributed by atoms with Gasteiger partial charge in [-0.15, -0.1) is 0 Å². The number of halogens is 1. The first-order valence-electron chi connectivity index (χ1n) is 4.76. The van der Waals surface area contributed by atoms with Gasteiger partial charge >= 0.3 is 0 Å². The Morgan fingerprint density at radius 3 is 2.80 bits per heavy atom. The summed E-state index contributed by atoms with van der Waals surface area (Å²) in [5.41, 5.74) is 1.65. The molecule has 4 heteroatoms. The summed E-state index contributed by atoms with van der Waals surface area (Å²) in [6.45, 7) is 3.98. The zero-order valence-corrected chi connectivity index (χ0v) is 10.2. The lowest BCUT2D eigenvalue weighted by Gasteiger charge is -2.12. The molecule has 0 unspecified atom stereocenters. The summed E-state index contributed by atoms with van der Waals surface area (Å²) in [4.78, 5) is 15.8. The van der Waals surface area contributed by atoms with Gasteiger partial charge in [0.05, 0.1) is 17.2 Å². The normalized spacial score (nSPS) is 11.2. The lowest BCUT2D eigenvalue weighted by atomic mass is 10.2. The van der Waals surface area contributed by atoms with E-state index in [1.807, 2.05) is 32.0 Å². The Balaban J connectivity index is 2.91. The molecule has 78 valence electrons. The smallest absolute Gasteiger partial charge is 0.269 e. The van der Waals surface area contributed by atoms with E-state index in [0.29, 0.717) is 0 Å². The summed E-state index contributed by atoms with van der Waals surface area (Å²) in [5, 5.41) is 0. The number of nitrogens with zero attached hydrogens (tertiary/aromatic N) is 2. The topological polar surface area (TPSA) is 34.9 Å². The van der Waals surface area contributed by atoms with Crippen LogP contribution in [0.2, 0.25) is 0 Å². The molecule has 0 aliphatic heterocycles. The third kappa shape index (κ3) is 1.81. The zero-order chi connectivity index (χ0) is 11.0. The maximum absolute atomic E-state index is 11.7. The van der Waals surface area contributed by atoms with Crippen molar-refractivity contribution < 1.29 is 0 Å². The van der Waals surface area contributed by atoms with E-state index in [4.69, 9.17) is 0 Å². The second-order valence-corrected chi connectivity index (χ2v) is 4.61. The Morgan fingerprint density at radius 2 is 2.13 bits per heavy atom. The Hall–Kier alpha value is -1.16. The van der Waals surface area contributed by atoms with Crippen molar-refractivity contribution in [3.05, 3.63) is 39.2 Å². The van der Waals surface area contributed by atoms with Gasteiger partial charge in [0.2, 0.25) is 0 Å². The fourth-order valence-corrected chi connectivity index (χ4v) is 1.99. The van der Waals surface area contributed by atoms with E-state index >= 15 is 0 Å². The predicted molar refractivity (Wildman–Crippen MR) is 64.1 cm³/mol. The Morgan fingerprint density at radius 1 is 1.40 bits per heavy atom. The zero-order valence-electron chi connectivity index (χ0n) is 8.57. The fraction of sp³-hybridized carbons (Fsp3) is 0.273. The highest BCUT2D eigenvalue weighted by molar-refractivity contribution is 9.10. The van der Waals surface area contributed by atoms with Gasteiger partial charge in [0.15, 0.2) is 0 Å². The molecule has 0 saturated carbocycles. The average molecular weight is 267 g/mol. The molecule has 0 bridgehead atoms. The quantitative estimate of drug-likeness (QED) is 0.796. The molecule has 2 aromatic rings. The number of fused-ring (bicyclic) bond motifs is 1. The van der Waals surface area contributed by atoms with Gasteiger partial charge in [-0.2, -0.15) is 0 Å². The van der Waals surface area contributed by atoms with Gasteiger partial charge in [0.1, 0.15) is 0 Å². The van der Waals surface area contributed by atoms with Crippen molar-refractivity contribution in [3.63, 3.8) is 0 Å². The van der Waals surface area contributed by atoms with Crippen LogP contribution < -0.4 is 5.56 Å². The van der Waals surface area contributed by atoms with Gasteiger partial charge in [-0.05, 0) is 32.0 Å². The highest BCUT2D eigenvalue weighted by Crippen LogP contribution is 2.18. The van der Waals surface area contributed by atoms with E-state index in [2.05, 4.69) is 20.9 Å². The fourth-order valence-electron chi connectivity index (χ4n) is 1.64. The minimum Gasteiger partial charge on any atom is -0.303 e. The standard InChI is InChI=1S/C11H11BrN2O/c1-7(2)14-10-5-8(12)3-4-9(10)13-6-11(14)15/h3-7H,1-2H3. The molecule has 0 amide bonds. The van der Waals surface area contributed by atoms with Crippen LogP contribution in [0.5, 0.6) is 0 Å². The van der Waals surface area contributed by atoms with Crippen LogP contribution in [0.3, 0.4) is 0 Å². The van der Waals surface area contributed by atoms with Crippen molar-refractivity contribution in [2.24, 2.45) is 0 Å². The first kappa shape index (κ1) is 10.4. The minimum absolute atomic E-state index is 0.0596. The maximum atomic E-state index is 11.7. The predicted octanol–water partition coefficient (Wildman–Crippen LogP) is 2.74. The largest absolute Gasteiger partial charge is 0.303 e. The lowest BCUT2D eigenvalue weighted by molar-refractivity contribution is 0.597. The first-order chi connectivity index (χ1) is 7.09. The molecular weight excluding hydrogens is 256 g/mol. The van der Waals surface area contributed by atoms with Gasteiger partial charge in [0.25, 0.3) is 5.56 Å². The third-order valence-electron chi connectivity index (χ3n) is 2.26. The number of benzene rings is 1. The number of hydrogen-bond acceptors (Lipinski definition) is 2. The van der Waals surface area contributed by atoms with Gasteiger partial charge in [-0.25, -0.2) is 4.98 Å². The summed E-state index contributed by atoms with van der Waals surface area (Å²) >= 11 is 3.40. The van der Waals surface area contributed by atoms with Crippen molar-refractivity contribution in [1.82, 2.24) is 9.55 Å². The second-order valence-electron chi connectivity index (χ2n) is 3.69. The second kappa shape index (κ2) is 3.77. The first-order valence-corrected chi connectivity index (χ1v) is 5.55. The molecule has 0 N–H and O–H groups in total. The molecule has 2 rings (SSSR count). The molecular formula is C11H11BrN2O. The van der Waals surface area contributed by atoms with Crippen LogP contribution in [-0.2, 0) is 0 Å². The van der Waals surface area contributed by atoms with E-state index in [1.54, 1.807) is 4.57 Å². The molecule has 0 radical (unpaired) electrons. The van der Waals surface area contributed by atoms with Crippen LogP contribution in [0.25, 0.3) is 11.0 Å². The Labute approximate surface area is 95.9 Å². The van der Waals surface area contributed by atoms with Gasteiger partial charge < -0.3 is 4.57 Å². The molecule has 0 aliphatic carbocycles. The Kier molecular flexibility index (Phi) is 2.61. The molecule has 0 fully saturated rings. The molecule has 3 nitrogen and oxygen atoms in total. The third-order valence-corrected chi connectivity index (χ3v) is 2.76. The number of hydrogen-bond donors (Lipinski definition) is 0. The molecule has 15 heavy (non-hydrogen) atoms. The van der Waals surface area contributed by atoms with Crippen molar-refractivity contribution >= 4 is 27.0 Å². The summed E-state index contributed by atoms with van der Waals surface area (Å²) in [7, 11) is 0. The minimum atomic E-state index is -0.0596. The molecule has 1 aromatic carbocycles. The van der Waals surface area contributed by atoms with Crippen LogP contribution in [0.15, 0.2) is 33.7 Å². The molecule has 0 spiro atoms. The summed E-state index contributed by atoms with van der Waals surface area (Å²) in [6.07, 6.45) is 1.37. The van der Waals surface area contributed by atoms with Crippen LogP contribution in [0.4, 0.5) is 0 Å². The lowest BCUT2D eigenvalue weighted by Crippen LogP contribution is -2.22. The number of aromatic nitrogens is 2. The SMILES string of the molecule is CC(C)n1c(=O)cnc2ccc(Br)cc21. The van der Waals surface area contributed by atoms with Crippen molar-refractivity contribution in [2.75, 3.05) is 0 Å². The maximum Gasteiger partial charge on any atom is 0.269 e. The molecule has 0 saturated heterocycles. The molecule has 1 aromatic heterocycles. The van der Waals surface area contributed by atoms with Crippen LogP contribution in [0, 0.1) is 0 Å². The molecule has 1 heterocycles. The van der Waals surface area contributed by atoms with Crippen molar-refractivity contribution in [2.45, 2.75) is 19.9 Å². The average Bonchev–Trinajstić information content (AvgIpc) is 2.16. The van der Waals surface area contributed by atoms with Crippen molar-refractivity contribution in [3.8, 4) is 0 Å². The highest BCUT2D eigenvalue weighted by Gasteiger charge is 2.07. The van der Waals surface area contributed by atoms with Crippen molar-refractivity contribution in [1.29, 1.82) is 0 Å². The Bertz CT molecular complexity index is 560. The highest BCUT2D eigenvalue weighted by atomic mass is 79.9. The van der Waals surface area contributed by atoms with Gasteiger partial charge in [-0.3, -0.25) is 4.79 Å².